The molecule has 1 aliphatic heterocycles. The van der Waals surface area contributed by atoms with Crippen LogP contribution >= 0.6 is 11.6 Å². The standard InChI is InChI=1S/C11H18ClN5O/c1-13-10-14-9(12)15-11(16-10)17-5-3-8(4-6-17)7-18-2/h8H,3-7H2,1-2H3,(H,13,14,15,16). The summed E-state index contributed by atoms with van der Waals surface area (Å²) in [4.78, 5) is 14.6. The number of aromatic nitrogens is 3. The van der Waals surface area contributed by atoms with Crippen molar-refractivity contribution in [2.45, 2.75) is 12.8 Å². The fraction of sp³-hybridized carbons (Fsp3) is 0.727. The number of nitrogens with zero attached hydrogens (tertiary/aromatic N) is 4. The predicted octanol–water partition coefficient (Wildman–Crippen LogP) is 1.43. The first kappa shape index (κ1) is 13.3. The highest BCUT2D eigenvalue weighted by molar-refractivity contribution is 6.28. The van der Waals surface area contributed by atoms with E-state index in [-0.39, 0.29) is 5.28 Å². The van der Waals surface area contributed by atoms with Crippen LogP contribution in [0, 0.1) is 5.92 Å². The Morgan fingerprint density at radius 2 is 2.06 bits per heavy atom. The van der Waals surface area contributed by atoms with Gasteiger partial charge in [0, 0.05) is 33.9 Å². The minimum Gasteiger partial charge on any atom is -0.384 e. The Bertz CT molecular complexity index is 395. The summed E-state index contributed by atoms with van der Waals surface area (Å²) in [6.45, 7) is 2.68. The molecule has 0 spiro atoms. The smallest absolute Gasteiger partial charge is 0.231 e. The molecule has 1 aromatic heterocycles. The monoisotopic (exact) mass is 271 g/mol. The van der Waals surface area contributed by atoms with E-state index in [1.54, 1.807) is 14.2 Å². The molecule has 18 heavy (non-hydrogen) atoms. The first-order valence-corrected chi connectivity index (χ1v) is 6.44. The normalized spacial score (nSPS) is 16.9. The summed E-state index contributed by atoms with van der Waals surface area (Å²) in [5, 5.41) is 3.11. The maximum Gasteiger partial charge on any atom is 0.231 e. The van der Waals surface area contributed by atoms with Gasteiger partial charge in [-0.3, -0.25) is 0 Å². The minimum absolute atomic E-state index is 0.225. The molecule has 6 nitrogen and oxygen atoms in total. The number of rotatable bonds is 4. The Labute approximate surface area is 112 Å². The summed E-state index contributed by atoms with van der Waals surface area (Å²) in [5.74, 6) is 1.78. The second kappa shape index (κ2) is 6.15. The highest BCUT2D eigenvalue weighted by atomic mass is 35.5. The number of ether oxygens (including phenoxy) is 1. The van der Waals surface area contributed by atoms with Crippen LogP contribution in [0.2, 0.25) is 5.28 Å². The van der Waals surface area contributed by atoms with Gasteiger partial charge < -0.3 is 15.0 Å². The molecule has 0 atom stereocenters. The Hall–Kier alpha value is -1.14. The molecule has 1 aliphatic rings. The molecule has 1 aromatic rings. The first-order chi connectivity index (χ1) is 8.72. The Kier molecular flexibility index (Phi) is 4.54. The van der Waals surface area contributed by atoms with Crippen LogP contribution in [0.3, 0.4) is 0 Å². The van der Waals surface area contributed by atoms with Crippen molar-refractivity contribution in [3.05, 3.63) is 5.28 Å². The molecule has 0 bridgehead atoms. The fourth-order valence-corrected chi connectivity index (χ4v) is 2.28. The van der Waals surface area contributed by atoms with Crippen LogP contribution in [0.15, 0.2) is 0 Å². The molecule has 0 aromatic carbocycles. The van der Waals surface area contributed by atoms with E-state index < -0.39 is 0 Å². The topological polar surface area (TPSA) is 63.2 Å². The highest BCUT2D eigenvalue weighted by Crippen LogP contribution is 2.22. The number of hydrogen-bond donors (Lipinski definition) is 1. The van der Waals surface area contributed by atoms with Gasteiger partial charge in [-0.05, 0) is 30.4 Å². The third-order valence-corrected chi connectivity index (χ3v) is 3.29. The molecular formula is C11H18ClN5O. The van der Waals surface area contributed by atoms with Gasteiger partial charge in [0.1, 0.15) is 0 Å². The lowest BCUT2D eigenvalue weighted by Gasteiger charge is -2.31. The van der Waals surface area contributed by atoms with Crippen LogP contribution in [0.1, 0.15) is 12.8 Å². The summed E-state index contributed by atoms with van der Waals surface area (Å²) >= 11 is 5.88. The summed E-state index contributed by atoms with van der Waals surface area (Å²) in [6.07, 6.45) is 2.18. The maximum absolute atomic E-state index is 5.88. The van der Waals surface area contributed by atoms with E-state index in [2.05, 4.69) is 25.2 Å². The zero-order chi connectivity index (χ0) is 13.0. The zero-order valence-corrected chi connectivity index (χ0v) is 11.4. The fourth-order valence-electron chi connectivity index (χ4n) is 2.13. The van der Waals surface area contributed by atoms with Crippen molar-refractivity contribution in [1.82, 2.24) is 15.0 Å². The van der Waals surface area contributed by atoms with E-state index in [0.717, 1.165) is 32.5 Å². The number of nitrogens with one attached hydrogen (secondary N) is 1. The summed E-state index contributed by atoms with van der Waals surface area (Å²) < 4.78 is 5.19. The van der Waals surface area contributed by atoms with Crippen molar-refractivity contribution >= 4 is 23.5 Å². The van der Waals surface area contributed by atoms with Gasteiger partial charge in [-0.15, -0.1) is 0 Å². The van der Waals surface area contributed by atoms with E-state index in [4.69, 9.17) is 16.3 Å². The van der Waals surface area contributed by atoms with Gasteiger partial charge in [0.15, 0.2) is 0 Å². The highest BCUT2D eigenvalue weighted by Gasteiger charge is 2.21. The SMILES string of the molecule is CNc1nc(Cl)nc(N2CCC(COC)CC2)n1. The quantitative estimate of drug-likeness (QED) is 0.894. The lowest BCUT2D eigenvalue weighted by atomic mass is 9.98. The van der Waals surface area contributed by atoms with Gasteiger partial charge in [0.25, 0.3) is 0 Å². The van der Waals surface area contributed by atoms with Crippen molar-refractivity contribution in [2.24, 2.45) is 5.92 Å². The summed E-state index contributed by atoms with van der Waals surface area (Å²) in [5.41, 5.74) is 0. The van der Waals surface area contributed by atoms with Gasteiger partial charge in [0.2, 0.25) is 17.2 Å². The first-order valence-electron chi connectivity index (χ1n) is 6.06. The second-order valence-corrected chi connectivity index (χ2v) is 4.70. The third-order valence-electron chi connectivity index (χ3n) is 3.12. The van der Waals surface area contributed by atoms with E-state index in [0.29, 0.717) is 17.8 Å². The van der Waals surface area contributed by atoms with E-state index in [1.165, 1.54) is 0 Å². The molecule has 0 radical (unpaired) electrons. The van der Waals surface area contributed by atoms with Gasteiger partial charge in [-0.25, -0.2) is 0 Å². The molecule has 2 rings (SSSR count). The Morgan fingerprint density at radius 3 is 2.67 bits per heavy atom. The van der Waals surface area contributed by atoms with Crippen molar-refractivity contribution < 1.29 is 4.74 Å². The Morgan fingerprint density at radius 1 is 1.33 bits per heavy atom. The Balaban J connectivity index is 2.02. The van der Waals surface area contributed by atoms with E-state index in [9.17, 15) is 0 Å². The molecule has 100 valence electrons. The molecule has 2 heterocycles. The number of anilines is 2. The summed E-state index contributed by atoms with van der Waals surface area (Å²) in [7, 11) is 3.51. The molecule has 1 saturated heterocycles. The van der Waals surface area contributed by atoms with Crippen LogP contribution in [-0.4, -0.2) is 48.8 Å². The average molecular weight is 272 g/mol. The number of hydrogen-bond acceptors (Lipinski definition) is 6. The summed E-state index contributed by atoms with van der Waals surface area (Å²) in [6, 6.07) is 0. The van der Waals surface area contributed by atoms with Crippen molar-refractivity contribution in [3.63, 3.8) is 0 Å². The molecule has 1 N–H and O–H groups in total. The average Bonchev–Trinajstić information content (AvgIpc) is 2.39. The van der Waals surface area contributed by atoms with Crippen LogP contribution in [0.4, 0.5) is 11.9 Å². The largest absolute Gasteiger partial charge is 0.384 e. The number of halogens is 1. The zero-order valence-electron chi connectivity index (χ0n) is 10.7. The van der Waals surface area contributed by atoms with Gasteiger partial charge >= 0.3 is 0 Å². The van der Waals surface area contributed by atoms with Crippen LogP contribution < -0.4 is 10.2 Å². The second-order valence-electron chi connectivity index (χ2n) is 4.36. The van der Waals surface area contributed by atoms with Crippen molar-refractivity contribution in [3.8, 4) is 0 Å². The van der Waals surface area contributed by atoms with Gasteiger partial charge in [0.05, 0.1) is 0 Å². The molecule has 0 amide bonds. The van der Waals surface area contributed by atoms with Crippen molar-refractivity contribution in [1.29, 1.82) is 0 Å². The van der Waals surface area contributed by atoms with Crippen LogP contribution in [0.25, 0.3) is 0 Å². The predicted molar refractivity (Wildman–Crippen MR) is 71.2 cm³/mol. The van der Waals surface area contributed by atoms with Crippen molar-refractivity contribution in [2.75, 3.05) is 44.1 Å². The van der Waals surface area contributed by atoms with E-state index >= 15 is 0 Å². The van der Waals surface area contributed by atoms with E-state index in [1.807, 2.05) is 0 Å². The molecular weight excluding hydrogens is 254 g/mol. The number of piperidine rings is 1. The molecule has 0 saturated carbocycles. The lowest BCUT2D eigenvalue weighted by molar-refractivity contribution is 0.139. The lowest BCUT2D eigenvalue weighted by Crippen LogP contribution is -2.36. The molecule has 7 heteroatoms. The van der Waals surface area contributed by atoms with Gasteiger partial charge in [-0.1, -0.05) is 0 Å². The minimum atomic E-state index is 0.225. The maximum atomic E-state index is 5.88. The molecule has 0 aliphatic carbocycles. The van der Waals surface area contributed by atoms with Crippen LogP contribution in [0.5, 0.6) is 0 Å². The van der Waals surface area contributed by atoms with Crippen LogP contribution in [-0.2, 0) is 4.74 Å². The van der Waals surface area contributed by atoms with Gasteiger partial charge in [-0.2, -0.15) is 15.0 Å². The third kappa shape index (κ3) is 3.20. The number of methoxy groups -OCH3 is 1. The molecule has 1 fully saturated rings. The molecule has 0 unspecified atom stereocenters.